The van der Waals surface area contributed by atoms with Crippen molar-refractivity contribution in [2.75, 3.05) is 45.3 Å². The molecular formula is C18H25N3O4. The highest BCUT2D eigenvalue weighted by atomic mass is 16.5. The van der Waals surface area contributed by atoms with Crippen molar-refractivity contribution in [3.05, 3.63) is 23.8 Å². The Morgan fingerprint density at radius 3 is 3.04 bits per heavy atom. The number of hydrogen-bond donors (Lipinski definition) is 2. The van der Waals surface area contributed by atoms with Gasteiger partial charge in [-0.25, -0.2) is 4.79 Å². The van der Waals surface area contributed by atoms with Crippen molar-refractivity contribution in [3.63, 3.8) is 0 Å². The SMILES string of the molecule is CCOCCCNC(=O)N1CC[C@@]2(C1)C(=O)Nc1ccc(OC)cc12. The predicted octanol–water partition coefficient (Wildman–Crippen LogP) is 1.73. The average Bonchev–Trinajstić information content (AvgIpc) is 3.18. The lowest BCUT2D eigenvalue weighted by molar-refractivity contribution is -0.120. The standard InChI is InChI=1S/C18H25N3O4/c1-3-25-10-4-8-19-17(23)21-9-7-18(12-21)14-11-13(24-2)5-6-15(14)20-16(18)22/h5-6,11H,3-4,7-10,12H2,1-2H3,(H,19,23)(H,20,22)/t18-/m0/s1. The van der Waals surface area contributed by atoms with Crippen molar-refractivity contribution in [1.82, 2.24) is 10.2 Å². The number of carbonyl (C=O) groups is 2. The molecule has 1 atom stereocenters. The highest BCUT2D eigenvalue weighted by molar-refractivity contribution is 6.07. The Morgan fingerprint density at radius 2 is 2.28 bits per heavy atom. The molecule has 1 aromatic carbocycles. The van der Waals surface area contributed by atoms with E-state index in [2.05, 4.69) is 10.6 Å². The Balaban J connectivity index is 1.66. The molecule has 1 spiro atoms. The zero-order valence-corrected chi connectivity index (χ0v) is 14.8. The van der Waals surface area contributed by atoms with Crippen molar-refractivity contribution < 1.29 is 19.1 Å². The fraction of sp³-hybridized carbons (Fsp3) is 0.556. The van der Waals surface area contributed by atoms with Crippen molar-refractivity contribution in [2.45, 2.75) is 25.2 Å². The molecule has 0 aliphatic carbocycles. The minimum Gasteiger partial charge on any atom is -0.497 e. The number of likely N-dealkylation sites (tertiary alicyclic amines) is 1. The second-order valence-electron chi connectivity index (χ2n) is 6.40. The third-order valence-corrected chi connectivity index (χ3v) is 4.93. The van der Waals surface area contributed by atoms with Crippen LogP contribution in [0.3, 0.4) is 0 Å². The molecule has 2 heterocycles. The molecule has 0 aromatic heterocycles. The molecule has 1 fully saturated rings. The van der Waals surface area contributed by atoms with Crippen molar-refractivity contribution in [1.29, 1.82) is 0 Å². The lowest BCUT2D eigenvalue weighted by atomic mass is 9.81. The number of anilines is 1. The number of methoxy groups -OCH3 is 1. The fourth-order valence-corrected chi connectivity index (χ4v) is 3.53. The average molecular weight is 347 g/mol. The summed E-state index contributed by atoms with van der Waals surface area (Å²) in [5, 5.41) is 5.84. The van der Waals surface area contributed by atoms with Crippen LogP contribution in [-0.2, 0) is 14.9 Å². The first-order valence-electron chi connectivity index (χ1n) is 8.71. The van der Waals surface area contributed by atoms with Crippen LogP contribution >= 0.6 is 0 Å². The van der Waals surface area contributed by atoms with Crippen LogP contribution in [0.25, 0.3) is 0 Å². The molecule has 136 valence electrons. The molecule has 0 bridgehead atoms. The molecule has 25 heavy (non-hydrogen) atoms. The van der Waals surface area contributed by atoms with E-state index in [9.17, 15) is 9.59 Å². The zero-order chi connectivity index (χ0) is 17.9. The van der Waals surface area contributed by atoms with Crippen LogP contribution in [0, 0.1) is 0 Å². The molecule has 7 nitrogen and oxygen atoms in total. The zero-order valence-electron chi connectivity index (χ0n) is 14.8. The third kappa shape index (κ3) is 3.28. The van der Waals surface area contributed by atoms with Crippen LogP contribution in [0.1, 0.15) is 25.3 Å². The fourth-order valence-electron chi connectivity index (χ4n) is 3.53. The first-order chi connectivity index (χ1) is 12.1. The van der Waals surface area contributed by atoms with E-state index < -0.39 is 5.41 Å². The molecule has 2 N–H and O–H groups in total. The number of ether oxygens (including phenoxy) is 2. The number of urea groups is 1. The number of rotatable bonds is 6. The van der Waals surface area contributed by atoms with Gasteiger partial charge in [-0.3, -0.25) is 4.79 Å². The number of nitrogens with zero attached hydrogens (tertiary/aromatic N) is 1. The number of fused-ring (bicyclic) bond motifs is 2. The van der Waals surface area contributed by atoms with E-state index in [4.69, 9.17) is 9.47 Å². The minimum absolute atomic E-state index is 0.0394. The van der Waals surface area contributed by atoms with Gasteiger partial charge in [-0.05, 0) is 43.5 Å². The van der Waals surface area contributed by atoms with Crippen LogP contribution in [0.5, 0.6) is 5.75 Å². The smallest absolute Gasteiger partial charge is 0.317 e. The minimum atomic E-state index is -0.674. The predicted molar refractivity (Wildman–Crippen MR) is 94.0 cm³/mol. The van der Waals surface area contributed by atoms with Gasteiger partial charge in [0.05, 0.1) is 12.5 Å². The molecule has 0 unspecified atom stereocenters. The maximum atomic E-state index is 12.6. The number of carbonyl (C=O) groups excluding carboxylic acids is 2. The third-order valence-electron chi connectivity index (χ3n) is 4.93. The monoisotopic (exact) mass is 347 g/mol. The molecule has 1 saturated heterocycles. The highest BCUT2D eigenvalue weighted by Crippen LogP contribution is 2.45. The highest BCUT2D eigenvalue weighted by Gasteiger charge is 2.52. The maximum Gasteiger partial charge on any atom is 0.317 e. The normalized spacial score (nSPS) is 21.4. The van der Waals surface area contributed by atoms with Gasteiger partial charge in [-0.15, -0.1) is 0 Å². The van der Waals surface area contributed by atoms with E-state index in [-0.39, 0.29) is 11.9 Å². The van der Waals surface area contributed by atoms with E-state index in [0.29, 0.717) is 45.0 Å². The molecule has 2 aliphatic rings. The summed E-state index contributed by atoms with van der Waals surface area (Å²) in [5.74, 6) is 0.677. The molecule has 1 aromatic rings. The van der Waals surface area contributed by atoms with Gasteiger partial charge in [0.15, 0.2) is 0 Å². The van der Waals surface area contributed by atoms with E-state index in [1.807, 2.05) is 25.1 Å². The van der Waals surface area contributed by atoms with Crippen LogP contribution < -0.4 is 15.4 Å². The second kappa shape index (κ2) is 7.31. The summed E-state index contributed by atoms with van der Waals surface area (Å²) in [6.45, 7) is 4.77. The van der Waals surface area contributed by atoms with Gasteiger partial charge in [0.1, 0.15) is 5.75 Å². The summed E-state index contributed by atoms with van der Waals surface area (Å²) in [4.78, 5) is 26.7. The number of nitrogens with one attached hydrogen (secondary N) is 2. The van der Waals surface area contributed by atoms with Gasteiger partial charge in [-0.2, -0.15) is 0 Å². The largest absolute Gasteiger partial charge is 0.497 e. The van der Waals surface area contributed by atoms with Crippen molar-refractivity contribution in [2.24, 2.45) is 0 Å². The van der Waals surface area contributed by atoms with Gasteiger partial charge in [0, 0.05) is 38.5 Å². The molecule has 3 rings (SSSR count). The van der Waals surface area contributed by atoms with E-state index >= 15 is 0 Å². The molecular weight excluding hydrogens is 322 g/mol. The van der Waals surface area contributed by atoms with Crippen LogP contribution in [0.2, 0.25) is 0 Å². The summed E-state index contributed by atoms with van der Waals surface area (Å²) in [5.41, 5.74) is 1.06. The van der Waals surface area contributed by atoms with Crippen LogP contribution in [-0.4, -0.2) is 56.8 Å². The number of benzene rings is 1. The van der Waals surface area contributed by atoms with Gasteiger partial charge in [-0.1, -0.05) is 0 Å². The number of amides is 3. The Hall–Kier alpha value is -2.28. The van der Waals surface area contributed by atoms with Gasteiger partial charge >= 0.3 is 6.03 Å². The van der Waals surface area contributed by atoms with Crippen molar-refractivity contribution in [3.8, 4) is 5.75 Å². The first kappa shape index (κ1) is 17.5. The Labute approximate surface area is 147 Å². The summed E-state index contributed by atoms with van der Waals surface area (Å²) in [6, 6.07) is 5.46. The molecule has 0 saturated carbocycles. The Bertz CT molecular complexity index is 664. The van der Waals surface area contributed by atoms with E-state index in [1.54, 1.807) is 12.0 Å². The summed E-state index contributed by atoms with van der Waals surface area (Å²) >= 11 is 0. The Morgan fingerprint density at radius 1 is 1.44 bits per heavy atom. The molecule has 3 amide bonds. The summed E-state index contributed by atoms with van der Waals surface area (Å²) in [6.07, 6.45) is 1.39. The van der Waals surface area contributed by atoms with Crippen LogP contribution in [0.4, 0.5) is 10.5 Å². The lowest BCUT2D eigenvalue weighted by Gasteiger charge is -2.23. The second-order valence-corrected chi connectivity index (χ2v) is 6.40. The number of hydrogen-bond acceptors (Lipinski definition) is 4. The van der Waals surface area contributed by atoms with E-state index in [1.165, 1.54) is 0 Å². The van der Waals surface area contributed by atoms with Gasteiger partial charge in [0.25, 0.3) is 0 Å². The quantitative estimate of drug-likeness (QED) is 0.768. The topological polar surface area (TPSA) is 79.9 Å². The first-order valence-corrected chi connectivity index (χ1v) is 8.71. The maximum absolute atomic E-state index is 12.6. The van der Waals surface area contributed by atoms with Crippen molar-refractivity contribution >= 4 is 17.6 Å². The summed E-state index contributed by atoms with van der Waals surface area (Å²) < 4.78 is 10.6. The lowest BCUT2D eigenvalue weighted by Crippen LogP contribution is -2.43. The van der Waals surface area contributed by atoms with Crippen LogP contribution in [0.15, 0.2) is 18.2 Å². The molecule has 7 heteroatoms. The van der Waals surface area contributed by atoms with Gasteiger partial charge < -0.3 is 25.0 Å². The van der Waals surface area contributed by atoms with E-state index in [0.717, 1.165) is 17.7 Å². The Kier molecular flexibility index (Phi) is 5.13. The summed E-state index contributed by atoms with van der Waals surface area (Å²) in [7, 11) is 1.61. The molecule has 2 aliphatic heterocycles. The van der Waals surface area contributed by atoms with Gasteiger partial charge in [0.2, 0.25) is 5.91 Å². The molecule has 0 radical (unpaired) electrons.